The summed E-state index contributed by atoms with van der Waals surface area (Å²) in [6.45, 7) is 0.506. The lowest BCUT2D eigenvalue weighted by Crippen LogP contribution is -2.15. The molecule has 1 amide bonds. The molecule has 0 atom stereocenters. The number of hydrogen-bond acceptors (Lipinski definition) is 4. The van der Waals surface area contributed by atoms with Crippen LogP contribution < -0.4 is 16.8 Å². The Hall–Kier alpha value is -2.27. The first-order valence-electron chi connectivity index (χ1n) is 5.60. The zero-order chi connectivity index (χ0) is 13.8. The number of halogens is 1. The van der Waals surface area contributed by atoms with E-state index in [2.05, 4.69) is 10.3 Å². The van der Waals surface area contributed by atoms with Crippen molar-refractivity contribution in [3.8, 4) is 0 Å². The number of nitrogens with zero attached hydrogens (tertiary/aromatic N) is 1. The molecule has 0 fully saturated rings. The van der Waals surface area contributed by atoms with Crippen LogP contribution >= 0.6 is 11.6 Å². The molecule has 1 aromatic carbocycles. The van der Waals surface area contributed by atoms with Gasteiger partial charge in [0.25, 0.3) is 5.91 Å². The minimum Gasteiger partial charge on any atom is -0.399 e. The van der Waals surface area contributed by atoms with E-state index < -0.39 is 5.91 Å². The largest absolute Gasteiger partial charge is 0.399 e. The van der Waals surface area contributed by atoms with Crippen molar-refractivity contribution >= 4 is 28.9 Å². The van der Waals surface area contributed by atoms with Gasteiger partial charge >= 0.3 is 0 Å². The average Bonchev–Trinajstić information content (AvgIpc) is 2.36. The lowest BCUT2D eigenvalue weighted by Gasteiger charge is -2.10. The SMILES string of the molecule is NC(=O)c1cnc(Cl)cc1NCc1cccc(N)c1. The first kappa shape index (κ1) is 13.2. The highest BCUT2D eigenvalue weighted by Crippen LogP contribution is 2.19. The Kier molecular flexibility index (Phi) is 3.87. The van der Waals surface area contributed by atoms with Crippen molar-refractivity contribution in [2.24, 2.45) is 5.73 Å². The van der Waals surface area contributed by atoms with E-state index >= 15 is 0 Å². The van der Waals surface area contributed by atoms with Crippen molar-refractivity contribution in [1.82, 2.24) is 4.98 Å². The van der Waals surface area contributed by atoms with E-state index in [0.717, 1.165) is 5.56 Å². The number of nitrogen functional groups attached to an aromatic ring is 1. The standard InChI is InChI=1S/C13H13ClN4O/c14-12-5-11(10(7-18-12)13(16)19)17-6-8-2-1-3-9(15)4-8/h1-5,7H,6,15H2,(H2,16,19)(H,17,18). The number of nitrogens with two attached hydrogens (primary N) is 2. The highest BCUT2D eigenvalue weighted by atomic mass is 35.5. The second-order valence-electron chi connectivity index (χ2n) is 4.02. The first-order valence-corrected chi connectivity index (χ1v) is 5.97. The van der Waals surface area contributed by atoms with Gasteiger partial charge in [0.15, 0.2) is 0 Å². The smallest absolute Gasteiger partial charge is 0.252 e. The maximum Gasteiger partial charge on any atom is 0.252 e. The second-order valence-corrected chi connectivity index (χ2v) is 4.40. The summed E-state index contributed by atoms with van der Waals surface area (Å²) in [5.41, 5.74) is 13.5. The number of carbonyl (C=O) groups is 1. The number of rotatable bonds is 4. The zero-order valence-corrected chi connectivity index (χ0v) is 10.8. The molecule has 5 nitrogen and oxygen atoms in total. The molecule has 6 heteroatoms. The second kappa shape index (κ2) is 5.58. The Balaban J connectivity index is 2.19. The monoisotopic (exact) mass is 276 g/mol. The first-order chi connectivity index (χ1) is 9.06. The topological polar surface area (TPSA) is 94.0 Å². The van der Waals surface area contributed by atoms with E-state index in [4.69, 9.17) is 23.1 Å². The summed E-state index contributed by atoms with van der Waals surface area (Å²) in [6.07, 6.45) is 1.35. The Morgan fingerprint density at radius 2 is 2.16 bits per heavy atom. The van der Waals surface area contributed by atoms with Crippen LogP contribution in [0.2, 0.25) is 5.15 Å². The van der Waals surface area contributed by atoms with E-state index in [9.17, 15) is 4.79 Å². The maximum absolute atomic E-state index is 11.3. The molecule has 0 unspecified atom stereocenters. The molecule has 0 bridgehead atoms. The van der Waals surface area contributed by atoms with E-state index in [0.29, 0.717) is 28.6 Å². The number of nitrogens with one attached hydrogen (secondary N) is 1. The molecule has 0 radical (unpaired) electrons. The van der Waals surface area contributed by atoms with Gasteiger partial charge in [-0.25, -0.2) is 4.98 Å². The van der Waals surface area contributed by atoms with E-state index in [1.54, 1.807) is 6.07 Å². The van der Waals surface area contributed by atoms with Crippen LogP contribution in [-0.2, 0) is 6.54 Å². The summed E-state index contributed by atoms with van der Waals surface area (Å²) in [5, 5.41) is 3.39. The third-order valence-corrected chi connectivity index (χ3v) is 2.78. The lowest BCUT2D eigenvalue weighted by atomic mass is 10.2. The van der Waals surface area contributed by atoms with Crippen LogP contribution in [0.5, 0.6) is 0 Å². The number of amides is 1. The zero-order valence-electron chi connectivity index (χ0n) is 10.1. The minimum atomic E-state index is -0.556. The number of benzene rings is 1. The van der Waals surface area contributed by atoms with Gasteiger partial charge < -0.3 is 16.8 Å². The van der Waals surface area contributed by atoms with Gasteiger partial charge in [-0.1, -0.05) is 23.7 Å². The molecule has 0 saturated heterocycles. The van der Waals surface area contributed by atoms with Crippen molar-refractivity contribution in [2.75, 3.05) is 11.1 Å². The van der Waals surface area contributed by atoms with Crippen LogP contribution in [0.3, 0.4) is 0 Å². The van der Waals surface area contributed by atoms with Crippen LogP contribution in [0.15, 0.2) is 36.5 Å². The Labute approximate surface area is 115 Å². The molecule has 0 spiro atoms. The molecular weight excluding hydrogens is 264 g/mol. The van der Waals surface area contributed by atoms with Crippen LogP contribution in [0.4, 0.5) is 11.4 Å². The van der Waals surface area contributed by atoms with Crippen LogP contribution in [0.1, 0.15) is 15.9 Å². The maximum atomic E-state index is 11.3. The third kappa shape index (κ3) is 3.35. The molecule has 0 aliphatic heterocycles. The van der Waals surface area contributed by atoms with Gasteiger partial charge in [-0.3, -0.25) is 4.79 Å². The summed E-state index contributed by atoms with van der Waals surface area (Å²) < 4.78 is 0. The molecule has 0 aliphatic rings. The fraction of sp³-hybridized carbons (Fsp3) is 0.0769. The predicted molar refractivity (Wildman–Crippen MR) is 75.9 cm³/mol. The van der Waals surface area contributed by atoms with Crippen molar-refractivity contribution in [3.05, 3.63) is 52.8 Å². The minimum absolute atomic E-state index is 0.292. The predicted octanol–water partition coefficient (Wildman–Crippen LogP) is 2.03. The van der Waals surface area contributed by atoms with Crippen LogP contribution in [0.25, 0.3) is 0 Å². The molecule has 2 aromatic rings. The van der Waals surface area contributed by atoms with E-state index in [1.807, 2.05) is 24.3 Å². The van der Waals surface area contributed by atoms with Crippen molar-refractivity contribution < 1.29 is 4.79 Å². The molecule has 1 aromatic heterocycles. The average molecular weight is 277 g/mol. The number of aromatic nitrogens is 1. The van der Waals surface area contributed by atoms with Gasteiger partial charge in [0.2, 0.25) is 0 Å². The van der Waals surface area contributed by atoms with Gasteiger partial charge in [0.05, 0.1) is 11.3 Å². The van der Waals surface area contributed by atoms with E-state index in [-0.39, 0.29) is 0 Å². The number of carbonyl (C=O) groups excluding carboxylic acids is 1. The molecular formula is C13H13ClN4O. The van der Waals surface area contributed by atoms with Gasteiger partial charge in [0, 0.05) is 18.4 Å². The summed E-state index contributed by atoms with van der Waals surface area (Å²) in [4.78, 5) is 15.1. The molecule has 0 aliphatic carbocycles. The van der Waals surface area contributed by atoms with Crippen molar-refractivity contribution in [1.29, 1.82) is 0 Å². The Morgan fingerprint density at radius 3 is 2.84 bits per heavy atom. The summed E-state index contributed by atoms with van der Waals surface area (Å²) in [5.74, 6) is -0.556. The van der Waals surface area contributed by atoms with E-state index in [1.165, 1.54) is 6.20 Å². The quantitative estimate of drug-likeness (QED) is 0.588. The van der Waals surface area contributed by atoms with Gasteiger partial charge in [-0.15, -0.1) is 0 Å². The van der Waals surface area contributed by atoms with Gasteiger partial charge in [0.1, 0.15) is 5.15 Å². The number of primary amides is 1. The lowest BCUT2D eigenvalue weighted by molar-refractivity contribution is 0.100. The molecule has 1 heterocycles. The fourth-order valence-corrected chi connectivity index (χ4v) is 1.83. The summed E-state index contributed by atoms with van der Waals surface area (Å²) in [6, 6.07) is 9.01. The Bertz CT molecular complexity index is 615. The third-order valence-electron chi connectivity index (χ3n) is 2.57. The number of hydrogen-bond donors (Lipinski definition) is 3. The molecule has 5 N–H and O–H groups in total. The Morgan fingerprint density at radius 1 is 1.37 bits per heavy atom. The fourth-order valence-electron chi connectivity index (χ4n) is 1.67. The molecule has 98 valence electrons. The van der Waals surface area contributed by atoms with Crippen molar-refractivity contribution in [3.63, 3.8) is 0 Å². The van der Waals surface area contributed by atoms with Crippen molar-refractivity contribution in [2.45, 2.75) is 6.54 Å². The summed E-state index contributed by atoms with van der Waals surface area (Å²) >= 11 is 5.81. The highest BCUT2D eigenvalue weighted by molar-refractivity contribution is 6.29. The molecule has 19 heavy (non-hydrogen) atoms. The van der Waals surface area contributed by atoms with Crippen LogP contribution in [-0.4, -0.2) is 10.9 Å². The number of pyridine rings is 1. The highest BCUT2D eigenvalue weighted by Gasteiger charge is 2.09. The molecule has 2 rings (SSSR count). The van der Waals surface area contributed by atoms with Gasteiger partial charge in [-0.05, 0) is 23.8 Å². The van der Waals surface area contributed by atoms with Gasteiger partial charge in [-0.2, -0.15) is 0 Å². The number of anilines is 2. The summed E-state index contributed by atoms with van der Waals surface area (Å²) in [7, 11) is 0. The van der Waals surface area contributed by atoms with Crippen LogP contribution in [0, 0.1) is 0 Å². The molecule has 0 saturated carbocycles. The normalized spacial score (nSPS) is 10.2.